The van der Waals surface area contributed by atoms with Crippen molar-refractivity contribution in [2.75, 3.05) is 5.73 Å². The van der Waals surface area contributed by atoms with Crippen molar-refractivity contribution in [1.82, 2.24) is 9.13 Å². The first kappa shape index (κ1) is 11.5. The summed E-state index contributed by atoms with van der Waals surface area (Å²) >= 11 is 0. The maximum Gasteiger partial charge on any atom is 0.252 e. The fourth-order valence-corrected chi connectivity index (χ4v) is 2.05. The number of imidazole rings is 2. The Morgan fingerprint density at radius 1 is 1.05 bits per heavy atom. The second-order valence-electron chi connectivity index (χ2n) is 4.66. The highest BCUT2D eigenvalue weighted by molar-refractivity contribution is 5.44. The van der Waals surface area contributed by atoms with Gasteiger partial charge >= 0.3 is 0 Å². The van der Waals surface area contributed by atoms with E-state index in [-0.39, 0.29) is 0 Å². The highest BCUT2D eigenvalue weighted by Gasteiger charge is 2.09. The summed E-state index contributed by atoms with van der Waals surface area (Å²) in [4.78, 5) is 0. The van der Waals surface area contributed by atoms with E-state index < -0.39 is 0 Å². The molecule has 5 heteroatoms. The number of nitrogen functional groups attached to an aromatic ring is 1. The number of aryl methyl sites for hydroxylation is 1. The second-order valence-corrected chi connectivity index (χ2v) is 4.66. The molecule has 0 unspecified atom stereocenters. The van der Waals surface area contributed by atoms with Crippen LogP contribution in [-0.4, -0.2) is 9.13 Å². The summed E-state index contributed by atoms with van der Waals surface area (Å²) in [5, 5.41) is 0. The van der Waals surface area contributed by atoms with Gasteiger partial charge < -0.3 is 5.73 Å². The summed E-state index contributed by atoms with van der Waals surface area (Å²) in [6, 6.07) is 7.84. The molecule has 2 heterocycles. The Kier molecular flexibility index (Phi) is 2.79. The quantitative estimate of drug-likeness (QED) is 0.537. The molecule has 0 saturated heterocycles. The first-order valence-electron chi connectivity index (χ1n) is 6.15. The predicted octanol–water partition coefficient (Wildman–Crippen LogP) is 0.479. The van der Waals surface area contributed by atoms with E-state index in [0.717, 1.165) is 18.0 Å². The van der Waals surface area contributed by atoms with Gasteiger partial charge in [-0.25, -0.2) is 9.13 Å². The van der Waals surface area contributed by atoms with Crippen molar-refractivity contribution in [3.63, 3.8) is 0 Å². The molecule has 0 amide bonds. The maximum absolute atomic E-state index is 5.69. The molecule has 0 atom stereocenters. The Labute approximate surface area is 111 Å². The largest absolute Gasteiger partial charge is 0.399 e. The topological polar surface area (TPSA) is 43.6 Å². The summed E-state index contributed by atoms with van der Waals surface area (Å²) in [6.07, 6.45) is 12.3. The maximum atomic E-state index is 5.69. The number of hydrogen-bond acceptors (Lipinski definition) is 1. The van der Waals surface area contributed by atoms with E-state index >= 15 is 0 Å². The van der Waals surface area contributed by atoms with Crippen molar-refractivity contribution in [3.8, 4) is 5.69 Å². The summed E-state index contributed by atoms with van der Waals surface area (Å²) in [5.74, 6) is 0. The zero-order valence-electron chi connectivity index (χ0n) is 10.8. The van der Waals surface area contributed by atoms with E-state index in [4.69, 9.17) is 5.73 Å². The Balaban J connectivity index is 1.81. The molecule has 0 aliphatic rings. The molecule has 5 nitrogen and oxygen atoms in total. The second kappa shape index (κ2) is 4.61. The fraction of sp³-hybridized carbons (Fsp3) is 0.143. The number of hydrogen-bond donors (Lipinski definition) is 1. The first-order chi connectivity index (χ1) is 9.20. The van der Waals surface area contributed by atoms with E-state index in [9.17, 15) is 0 Å². The van der Waals surface area contributed by atoms with Gasteiger partial charge in [-0.1, -0.05) is 0 Å². The van der Waals surface area contributed by atoms with Crippen LogP contribution in [0.3, 0.4) is 0 Å². The highest BCUT2D eigenvalue weighted by Crippen LogP contribution is 2.09. The summed E-state index contributed by atoms with van der Waals surface area (Å²) in [7, 11) is 2.01. The summed E-state index contributed by atoms with van der Waals surface area (Å²) in [5.41, 5.74) is 7.58. The Morgan fingerprint density at radius 3 is 2.53 bits per heavy atom. The van der Waals surface area contributed by atoms with E-state index in [2.05, 4.69) is 26.2 Å². The Hall–Kier alpha value is -2.56. The normalized spacial score (nSPS) is 10.8. The van der Waals surface area contributed by atoms with E-state index in [1.165, 1.54) is 0 Å². The lowest BCUT2D eigenvalue weighted by Gasteiger charge is -1.96. The van der Waals surface area contributed by atoms with Crippen molar-refractivity contribution < 1.29 is 9.13 Å². The molecular weight excluding hydrogens is 238 g/mol. The van der Waals surface area contributed by atoms with Crippen LogP contribution in [-0.2, 0) is 13.7 Å². The van der Waals surface area contributed by atoms with Crippen LogP contribution in [0, 0.1) is 0 Å². The molecule has 96 valence electrons. The number of aromatic nitrogens is 4. The third-order valence-corrected chi connectivity index (χ3v) is 3.03. The molecule has 3 rings (SSSR count). The third-order valence-electron chi connectivity index (χ3n) is 3.03. The van der Waals surface area contributed by atoms with Crippen molar-refractivity contribution >= 4 is 5.69 Å². The first-order valence-corrected chi connectivity index (χ1v) is 6.15. The van der Waals surface area contributed by atoms with Crippen LogP contribution in [0.5, 0.6) is 0 Å². The monoisotopic (exact) mass is 255 g/mol. The minimum Gasteiger partial charge on any atom is -0.399 e. The van der Waals surface area contributed by atoms with Crippen LogP contribution in [0.15, 0.2) is 61.7 Å². The highest BCUT2D eigenvalue weighted by atomic mass is 15.2. The minimum atomic E-state index is 0.781. The Morgan fingerprint density at radius 2 is 1.84 bits per heavy atom. The standard InChI is InChI=1S/C14H17N5/c1-16-6-7-17(10-16)11-18-8-9-19(12-18)14-4-2-13(15)3-5-14/h2-10,12H,11,15H2,1H3/q+2. The van der Waals surface area contributed by atoms with Crippen molar-refractivity contribution in [2.24, 2.45) is 7.05 Å². The van der Waals surface area contributed by atoms with Gasteiger partial charge in [-0.15, -0.1) is 0 Å². The van der Waals surface area contributed by atoms with E-state index in [1.54, 1.807) is 0 Å². The molecule has 1 aromatic carbocycles. The van der Waals surface area contributed by atoms with Gasteiger partial charge in [-0.2, -0.15) is 9.13 Å². The van der Waals surface area contributed by atoms with Gasteiger partial charge in [0.15, 0.2) is 0 Å². The number of nitrogens with zero attached hydrogens (tertiary/aromatic N) is 4. The zero-order valence-corrected chi connectivity index (χ0v) is 10.8. The molecule has 0 aliphatic carbocycles. The van der Waals surface area contributed by atoms with Gasteiger partial charge in [0.1, 0.15) is 30.5 Å². The van der Waals surface area contributed by atoms with Gasteiger partial charge in [0.05, 0.1) is 7.05 Å². The van der Waals surface area contributed by atoms with Crippen molar-refractivity contribution in [3.05, 3.63) is 61.7 Å². The minimum absolute atomic E-state index is 0.781. The van der Waals surface area contributed by atoms with E-state index in [0.29, 0.717) is 0 Å². The van der Waals surface area contributed by atoms with Crippen molar-refractivity contribution in [1.29, 1.82) is 0 Å². The molecule has 0 bridgehead atoms. The lowest BCUT2D eigenvalue weighted by atomic mass is 10.3. The number of nitrogens with two attached hydrogens (primary N) is 1. The number of anilines is 1. The summed E-state index contributed by atoms with van der Waals surface area (Å²) < 4.78 is 8.34. The van der Waals surface area contributed by atoms with E-state index in [1.807, 2.05) is 60.8 Å². The average Bonchev–Trinajstić information content (AvgIpc) is 3.00. The van der Waals surface area contributed by atoms with Crippen LogP contribution < -0.4 is 14.9 Å². The molecule has 19 heavy (non-hydrogen) atoms. The van der Waals surface area contributed by atoms with Crippen LogP contribution in [0.25, 0.3) is 5.69 Å². The predicted molar refractivity (Wildman–Crippen MR) is 71.4 cm³/mol. The third kappa shape index (κ3) is 2.49. The molecule has 3 aromatic rings. The molecule has 0 fully saturated rings. The Bertz CT molecular complexity index is 678. The molecule has 2 aromatic heterocycles. The van der Waals surface area contributed by atoms with Crippen LogP contribution in [0.4, 0.5) is 5.69 Å². The zero-order chi connectivity index (χ0) is 13.2. The van der Waals surface area contributed by atoms with Crippen molar-refractivity contribution in [2.45, 2.75) is 6.67 Å². The van der Waals surface area contributed by atoms with Gasteiger partial charge in [0.2, 0.25) is 13.0 Å². The van der Waals surface area contributed by atoms with Gasteiger partial charge in [0, 0.05) is 5.69 Å². The smallest absolute Gasteiger partial charge is 0.252 e. The lowest BCUT2D eigenvalue weighted by Crippen LogP contribution is -2.35. The molecule has 2 N–H and O–H groups in total. The molecule has 0 spiro atoms. The van der Waals surface area contributed by atoms with Crippen LogP contribution in [0.2, 0.25) is 0 Å². The van der Waals surface area contributed by atoms with Gasteiger partial charge in [0.25, 0.3) is 6.33 Å². The fourth-order valence-electron chi connectivity index (χ4n) is 2.05. The number of rotatable bonds is 3. The van der Waals surface area contributed by atoms with Crippen LogP contribution in [0.1, 0.15) is 0 Å². The van der Waals surface area contributed by atoms with Gasteiger partial charge in [-0.3, -0.25) is 0 Å². The molecular formula is C14H17N5+2. The average molecular weight is 255 g/mol. The molecule has 0 aliphatic heterocycles. The lowest BCUT2D eigenvalue weighted by molar-refractivity contribution is -0.706. The number of benzene rings is 1. The molecule has 0 saturated carbocycles. The van der Waals surface area contributed by atoms with Gasteiger partial charge in [-0.05, 0) is 24.3 Å². The molecule has 0 radical (unpaired) electrons. The van der Waals surface area contributed by atoms with Crippen LogP contribution >= 0.6 is 0 Å². The summed E-state index contributed by atoms with van der Waals surface area (Å²) in [6.45, 7) is 0.794. The SMILES string of the molecule is C[n+]1ccn(C[n+]2ccn(-c3ccc(N)cc3)c2)c1.